The van der Waals surface area contributed by atoms with Gasteiger partial charge < -0.3 is 4.84 Å². The molecule has 1 atom stereocenters. The van der Waals surface area contributed by atoms with Gasteiger partial charge in [0.05, 0.1) is 12.3 Å². The molecule has 0 aromatic carbocycles. The van der Waals surface area contributed by atoms with Crippen LogP contribution in [0.4, 0.5) is 0 Å². The smallest absolute Gasteiger partial charge is 0.307 e. The van der Waals surface area contributed by atoms with Gasteiger partial charge in [0.1, 0.15) is 11.6 Å². The summed E-state index contributed by atoms with van der Waals surface area (Å²) >= 11 is 0. The first-order valence-electron chi connectivity index (χ1n) is 6.88. The fourth-order valence-electron chi connectivity index (χ4n) is 2.99. The minimum absolute atomic E-state index is 0.0115. The van der Waals surface area contributed by atoms with Gasteiger partial charge in [0.15, 0.2) is 0 Å². The Morgan fingerprint density at radius 3 is 2.75 bits per heavy atom. The molecule has 0 aromatic rings. The Labute approximate surface area is 118 Å². The lowest BCUT2D eigenvalue weighted by molar-refractivity contribution is -0.128. The van der Waals surface area contributed by atoms with E-state index in [1.807, 2.05) is 13.8 Å². The molecule has 1 unspecified atom stereocenters. The van der Waals surface area contributed by atoms with E-state index in [-0.39, 0.29) is 12.5 Å². The quantitative estimate of drug-likeness (QED) is 0.743. The molecule has 1 amide bonds. The van der Waals surface area contributed by atoms with Crippen LogP contribution >= 0.6 is 0 Å². The van der Waals surface area contributed by atoms with Crippen LogP contribution < -0.4 is 0 Å². The maximum Gasteiger partial charge on any atom is 0.307 e. The zero-order chi connectivity index (χ0) is 14.5. The predicted octanol–water partition coefficient (Wildman–Crippen LogP) is 0.483. The number of nitrogens with zero attached hydrogens (tertiary/aromatic N) is 3. The number of carbonyl (C=O) groups excluding carboxylic acids is 1. The largest absolute Gasteiger partial charge is 0.389 e. The summed E-state index contributed by atoms with van der Waals surface area (Å²) in [7, 11) is -3.68. The Morgan fingerprint density at radius 2 is 2.15 bits per heavy atom. The lowest BCUT2D eigenvalue weighted by Gasteiger charge is -2.24. The van der Waals surface area contributed by atoms with Gasteiger partial charge in [0.2, 0.25) is 0 Å². The number of piperidine rings is 1. The van der Waals surface area contributed by atoms with Gasteiger partial charge in [-0.05, 0) is 26.7 Å². The number of rotatable bonds is 2. The van der Waals surface area contributed by atoms with Crippen molar-refractivity contribution in [2.75, 3.05) is 13.1 Å². The van der Waals surface area contributed by atoms with Gasteiger partial charge in [0.25, 0.3) is 5.91 Å². The van der Waals surface area contributed by atoms with Crippen molar-refractivity contribution in [2.45, 2.75) is 51.2 Å². The standard InChI is InChI=1S/C12H19N3O4S/c1-12(2)7-9(13-19-12)8-15-11(16)10-5-3-4-6-14(10)20(15,17)18/h10H,3-8H2,1-2H3. The number of hydrogen-bond acceptors (Lipinski definition) is 5. The molecule has 0 radical (unpaired) electrons. The van der Waals surface area contributed by atoms with Crippen molar-refractivity contribution < 1.29 is 18.0 Å². The van der Waals surface area contributed by atoms with E-state index in [4.69, 9.17) is 4.84 Å². The molecule has 0 aliphatic carbocycles. The molecule has 2 saturated heterocycles. The van der Waals surface area contributed by atoms with Gasteiger partial charge >= 0.3 is 10.2 Å². The van der Waals surface area contributed by atoms with Gasteiger partial charge in [-0.3, -0.25) is 4.79 Å². The summed E-state index contributed by atoms with van der Waals surface area (Å²) in [6, 6.07) is -0.510. The summed E-state index contributed by atoms with van der Waals surface area (Å²) in [5, 5.41) is 3.91. The zero-order valence-electron chi connectivity index (χ0n) is 11.7. The molecule has 7 nitrogen and oxygen atoms in total. The molecule has 0 N–H and O–H groups in total. The molecule has 0 spiro atoms. The maximum absolute atomic E-state index is 12.4. The summed E-state index contributed by atoms with van der Waals surface area (Å²) in [4.78, 5) is 17.5. The summed E-state index contributed by atoms with van der Waals surface area (Å²) in [5.74, 6) is -0.322. The van der Waals surface area contributed by atoms with Crippen LogP contribution in [-0.2, 0) is 19.8 Å². The molecule has 8 heteroatoms. The Balaban J connectivity index is 1.81. The minimum atomic E-state index is -3.68. The number of amides is 1. The van der Waals surface area contributed by atoms with Gasteiger partial charge in [-0.1, -0.05) is 11.6 Å². The topological polar surface area (TPSA) is 79.3 Å². The fraction of sp³-hybridized carbons (Fsp3) is 0.833. The van der Waals surface area contributed by atoms with Crippen molar-refractivity contribution in [1.29, 1.82) is 0 Å². The molecule has 2 fully saturated rings. The molecule has 0 bridgehead atoms. The molecule has 20 heavy (non-hydrogen) atoms. The molecule has 0 aromatic heterocycles. The van der Waals surface area contributed by atoms with E-state index >= 15 is 0 Å². The van der Waals surface area contributed by atoms with Crippen molar-refractivity contribution in [3.8, 4) is 0 Å². The SMILES string of the molecule is CC1(C)CC(CN2C(=O)C3CCCCN3S2(=O)=O)=NO1. The van der Waals surface area contributed by atoms with Gasteiger partial charge in [-0.15, -0.1) is 0 Å². The Morgan fingerprint density at radius 1 is 1.40 bits per heavy atom. The lowest BCUT2D eigenvalue weighted by Crippen LogP contribution is -2.39. The second-order valence-corrected chi connectivity index (χ2v) is 7.97. The van der Waals surface area contributed by atoms with E-state index in [2.05, 4.69) is 5.16 Å². The van der Waals surface area contributed by atoms with E-state index in [9.17, 15) is 13.2 Å². The summed E-state index contributed by atoms with van der Waals surface area (Å²) in [6.07, 6.45) is 2.86. The highest BCUT2D eigenvalue weighted by Crippen LogP contribution is 2.32. The van der Waals surface area contributed by atoms with Crippen LogP contribution in [0.15, 0.2) is 5.16 Å². The molecule has 3 aliphatic heterocycles. The number of hydrogen-bond donors (Lipinski definition) is 0. The van der Waals surface area contributed by atoms with E-state index in [0.717, 1.165) is 17.1 Å². The van der Waals surface area contributed by atoms with Crippen LogP contribution in [0.3, 0.4) is 0 Å². The van der Waals surface area contributed by atoms with Crippen LogP contribution in [0.1, 0.15) is 39.5 Å². The number of fused-ring (bicyclic) bond motifs is 1. The van der Waals surface area contributed by atoms with Crippen LogP contribution in [0.25, 0.3) is 0 Å². The molecular formula is C12H19N3O4S. The first-order chi connectivity index (χ1) is 9.31. The van der Waals surface area contributed by atoms with Crippen LogP contribution in [-0.4, -0.2) is 53.4 Å². The van der Waals surface area contributed by atoms with Gasteiger partial charge in [-0.2, -0.15) is 12.7 Å². The van der Waals surface area contributed by atoms with E-state index in [1.165, 1.54) is 4.31 Å². The molecular weight excluding hydrogens is 282 g/mol. The second kappa shape index (κ2) is 4.42. The molecule has 0 saturated carbocycles. The van der Waals surface area contributed by atoms with Crippen LogP contribution in [0.2, 0.25) is 0 Å². The Kier molecular flexibility index (Phi) is 3.06. The molecule has 3 aliphatic rings. The third kappa shape index (κ3) is 2.10. The number of carbonyl (C=O) groups is 1. The maximum atomic E-state index is 12.4. The predicted molar refractivity (Wildman–Crippen MR) is 72.2 cm³/mol. The minimum Gasteiger partial charge on any atom is -0.389 e. The highest BCUT2D eigenvalue weighted by atomic mass is 32.2. The monoisotopic (exact) mass is 301 g/mol. The summed E-state index contributed by atoms with van der Waals surface area (Å²) in [6.45, 7) is 4.21. The fourth-order valence-corrected chi connectivity index (χ4v) is 4.78. The van der Waals surface area contributed by atoms with Crippen LogP contribution in [0.5, 0.6) is 0 Å². The first kappa shape index (κ1) is 13.8. The molecule has 112 valence electrons. The highest BCUT2D eigenvalue weighted by molar-refractivity contribution is 7.87. The Bertz CT molecular complexity index is 569. The van der Waals surface area contributed by atoms with Crippen molar-refractivity contribution in [3.05, 3.63) is 0 Å². The van der Waals surface area contributed by atoms with Crippen molar-refractivity contribution >= 4 is 21.8 Å². The first-order valence-corrected chi connectivity index (χ1v) is 8.28. The third-order valence-corrected chi connectivity index (χ3v) is 5.83. The molecule has 3 heterocycles. The average Bonchev–Trinajstić information content (AvgIpc) is 2.82. The average molecular weight is 301 g/mol. The van der Waals surface area contributed by atoms with Crippen molar-refractivity contribution in [1.82, 2.24) is 8.61 Å². The van der Waals surface area contributed by atoms with Crippen molar-refractivity contribution in [2.24, 2.45) is 5.16 Å². The Hall–Kier alpha value is -1.15. The van der Waals surface area contributed by atoms with E-state index in [0.29, 0.717) is 25.1 Å². The van der Waals surface area contributed by atoms with E-state index < -0.39 is 21.9 Å². The second-order valence-electron chi connectivity index (χ2n) is 6.16. The summed E-state index contributed by atoms with van der Waals surface area (Å²) < 4.78 is 27.1. The van der Waals surface area contributed by atoms with E-state index in [1.54, 1.807) is 0 Å². The number of oxime groups is 1. The van der Waals surface area contributed by atoms with Gasteiger partial charge in [-0.25, -0.2) is 4.31 Å². The van der Waals surface area contributed by atoms with Gasteiger partial charge in [0, 0.05) is 13.0 Å². The summed E-state index contributed by atoms with van der Waals surface area (Å²) in [5.41, 5.74) is 0.182. The van der Waals surface area contributed by atoms with Crippen LogP contribution in [0, 0.1) is 0 Å². The zero-order valence-corrected chi connectivity index (χ0v) is 12.5. The lowest BCUT2D eigenvalue weighted by atomic mass is 10.0. The van der Waals surface area contributed by atoms with Crippen molar-refractivity contribution in [3.63, 3.8) is 0 Å². The third-order valence-electron chi connectivity index (χ3n) is 3.94. The molecule has 3 rings (SSSR count). The highest BCUT2D eigenvalue weighted by Gasteiger charge is 2.51. The normalized spacial score (nSPS) is 31.9.